The molecule has 0 aliphatic carbocycles. The van der Waals surface area contributed by atoms with Crippen molar-refractivity contribution in [2.75, 3.05) is 13.7 Å². The molecule has 0 spiro atoms. The van der Waals surface area contributed by atoms with E-state index in [0.29, 0.717) is 6.04 Å². The van der Waals surface area contributed by atoms with Crippen LogP contribution in [0, 0.1) is 6.92 Å². The normalized spacial score (nSPS) is 13.5. The van der Waals surface area contributed by atoms with E-state index in [9.17, 15) is 0 Å². The molecule has 0 aliphatic heterocycles. The van der Waals surface area contributed by atoms with E-state index in [1.807, 2.05) is 0 Å². The Hall–Kier alpha value is -0.380. The lowest BCUT2D eigenvalue weighted by molar-refractivity contribution is 0.0116. The number of methoxy groups -OCH3 is 1. The molecule has 0 heterocycles. The first-order valence-corrected chi connectivity index (χ1v) is 8.24. The summed E-state index contributed by atoms with van der Waals surface area (Å²) in [5.74, 6) is 0. The third-order valence-electron chi connectivity index (χ3n) is 3.83. The van der Waals surface area contributed by atoms with Gasteiger partial charge >= 0.3 is 0 Å². The molecule has 1 rings (SSSR count). The summed E-state index contributed by atoms with van der Waals surface area (Å²) in [6, 6.07) is 6.87. The van der Waals surface area contributed by atoms with Crippen molar-refractivity contribution in [3.8, 4) is 0 Å². The lowest BCUT2D eigenvalue weighted by Crippen LogP contribution is -2.28. The molecule has 0 saturated carbocycles. The van der Waals surface area contributed by atoms with Gasteiger partial charge in [-0.05, 0) is 57.7 Å². The zero-order chi connectivity index (χ0) is 15.2. The predicted molar refractivity (Wildman–Crippen MR) is 90.2 cm³/mol. The van der Waals surface area contributed by atoms with Crippen molar-refractivity contribution < 1.29 is 4.74 Å². The third-order valence-corrected chi connectivity index (χ3v) is 4.91. The molecule has 1 aromatic carbocycles. The Labute approximate surface area is 132 Å². The highest BCUT2D eigenvalue weighted by Gasteiger charge is 2.21. The molecule has 0 bridgehead atoms. The predicted octanol–water partition coefficient (Wildman–Crippen LogP) is 5.00. The quantitative estimate of drug-likeness (QED) is 0.717. The topological polar surface area (TPSA) is 21.3 Å². The van der Waals surface area contributed by atoms with Crippen molar-refractivity contribution >= 4 is 15.9 Å². The number of halogens is 1. The van der Waals surface area contributed by atoms with Crippen LogP contribution in [0.15, 0.2) is 22.7 Å². The third kappa shape index (κ3) is 5.19. The van der Waals surface area contributed by atoms with Crippen LogP contribution in [-0.2, 0) is 4.74 Å². The molecule has 0 amide bonds. The maximum Gasteiger partial charge on any atom is 0.0623 e. The Morgan fingerprint density at radius 2 is 2.05 bits per heavy atom. The molecule has 114 valence electrons. The molecule has 2 nitrogen and oxygen atoms in total. The molecule has 1 aromatic rings. The van der Waals surface area contributed by atoms with Crippen LogP contribution in [0.5, 0.6) is 0 Å². The second-order valence-corrected chi connectivity index (χ2v) is 6.78. The zero-order valence-corrected chi connectivity index (χ0v) is 15.0. The molecule has 1 unspecified atom stereocenters. The second-order valence-electron chi connectivity index (χ2n) is 5.99. The Bertz CT molecular complexity index is 417. The van der Waals surface area contributed by atoms with Gasteiger partial charge in [-0.3, -0.25) is 0 Å². The van der Waals surface area contributed by atoms with Gasteiger partial charge in [-0.1, -0.05) is 41.1 Å². The van der Waals surface area contributed by atoms with Gasteiger partial charge in [0.05, 0.1) is 5.60 Å². The number of ether oxygens (including phenoxy) is 1. The number of aryl methyl sites for hydroxylation is 1. The van der Waals surface area contributed by atoms with E-state index in [4.69, 9.17) is 4.74 Å². The van der Waals surface area contributed by atoms with Gasteiger partial charge < -0.3 is 10.1 Å². The first-order valence-electron chi connectivity index (χ1n) is 7.45. The highest BCUT2D eigenvalue weighted by molar-refractivity contribution is 9.10. The molecule has 0 saturated heterocycles. The lowest BCUT2D eigenvalue weighted by Gasteiger charge is -2.27. The Kier molecular flexibility index (Phi) is 7.21. The first-order chi connectivity index (χ1) is 9.41. The Balaban J connectivity index is 2.86. The maximum absolute atomic E-state index is 5.54. The summed E-state index contributed by atoms with van der Waals surface area (Å²) in [7, 11) is 1.79. The van der Waals surface area contributed by atoms with Gasteiger partial charge in [0.15, 0.2) is 0 Å². The van der Waals surface area contributed by atoms with E-state index in [-0.39, 0.29) is 5.60 Å². The molecule has 1 N–H and O–H groups in total. The van der Waals surface area contributed by atoms with Gasteiger partial charge in [0.25, 0.3) is 0 Å². The van der Waals surface area contributed by atoms with E-state index >= 15 is 0 Å². The van der Waals surface area contributed by atoms with Crippen molar-refractivity contribution in [3.05, 3.63) is 33.8 Å². The monoisotopic (exact) mass is 341 g/mol. The van der Waals surface area contributed by atoms with Crippen LogP contribution in [0.1, 0.15) is 57.2 Å². The summed E-state index contributed by atoms with van der Waals surface area (Å²) in [5.41, 5.74) is 2.57. The van der Waals surface area contributed by atoms with Gasteiger partial charge in [-0.15, -0.1) is 0 Å². The molecule has 1 atom stereocenters. The van der Waals surface area contributed by atoms with Crippen LogP contribution in [0.3, 0.4) is 0 Å². The zero-order valence-electron chi connectivity index (χ0n) is 13.4. The molecular formula is C17H28BrNO. The summed E-state index contributed by atoms with van der Waals surface area (Å²) in [6.45, 7) is 9.68. The van der Waals surface area contributed by atoms with E-state index in [1.54, 1.807) is 7.11 Å². The molecule has 0 radical (unpaired) electrons. The Morgan fingerprint density at radius 1 is 1.35 bits per heavy atom. The molecule has 3 heteroatoms. The molecular weight excluding hydrogens is 314 g/mol. The minimum absolute atomic E-state index is 0.0670. The van der Waals surface area contributed by atoms with Crippen LogP contribution in [0.4, 0.5) is 0 Å². The number of hydrogen-bond acceptors (Lipinski definition) is 2. The van der Waals surface area contributed by atoms with Crippen LogP contribution in [0.25, 0.3) is 0 Å². The second kappa shape index (κ2) is 8.16. The molecule has 0 aliphatic rings. The van der Waals surface area contributed by atoms with E-state index in [1.165, 1.54) is 15.6 Å². The van der Waals surface area contributed by atoms with E-state index < -0.39 is 0 Å². The van der Waals surface area contributed by atoms with Crippen molar-refractivity contribution in [3.63, 3.8) is 0 Å². The van der Waals surface area contributed by atoms with Gasteiger partial charge in [-0.25, -0.2) is 0 Å². The van der Waals surface area contributed by atoms with Gasteiger partial charge in [0.2, 0.25) is 0 Å². The first kappa shape index (κ1) is 17.7. The molecule has 0 aromatic heterocycles. The van der Waals surface area contributed by atoms with E-state index in [0.717, 1.165) is 25.8 Å². The standard InChI is InChI=1S/C17H28BrNO/c1-6-12-19-15(10-11-17(3,4)20-5)14-9-7-8-13(2)16(14)18/h7-9,15,19H,6,10-12H2,1-5H3. The van der Waals surface area contributed by atoms with Crippen LogP contribution in [-0.4, -0.2) is 19.3 Å². The van der Waals surface area contributed by atoms with Crippen LogP contribution in [0.2, 0.25) is 0 Å². The summed E-state index contributed by atoms with van der Waals surface area (Å²) in [6.07, 6.45) is 3.25. The highest BCUT2D eigenvalue weighted by atomic mass is 79.9. The van der Waals surface area contributed by atoms with Gasteiger partial charge in [0, 0.05) is 17.6 Å². The van der Waals surface area contributed by atoms with E-state index in [2.05, 4.69) is 67.1 Å². The van der Waals surface area contributed by atoms with Crippen molar-refractivity contribution in [1.29, 1.82) is 0 Å². The number of hydrogen-bond donors (Lipinski definition) is 1. The van der Waals surface area contributed by atoms with Crippen molar-refractivity contribution in [2.24, 2.45) is 0 Å². The largest absolute Gasteiger partial charge is 0.379 e. The minimum atomic E-state index is -0.0670. The van der Waals surface area contributed by atoms with Crippen LogP contribution >= 0.6 is 15.9 Å². The smallest absolute Gasteiger partial charge is 0.0623 e. The highest BCUT2D eigenvalue weighted by Crippen LogP contribution is 2.31. The lowest BCUT2D eigenvalue weighted by atomic mass is 9.94. The molecule has 20 heavy (non-hydrogen) atoms. The van der Waals surface area contributed by atoms with Crippen molar-refractivity contribution in [2.45, 2.75) is 58.6 Å². The molecule has 0 fully saturated rings. The summed E-state index contributed by atoms with van der Waals surface area (Å²) in [5, 5.41) is 3.66. The van der Waals surface area contributed by atoms with Crippen LogP contribution < -0.4 is 5.32 Å². The fraction of sp³-hybridized carbons (Fsp3) is 0.647. The van der Waals surface area contributed by atoms with Gasteiger partial charge in [-0.2, -0.15) is 0 Å². The van der Waals surface area contributed by atoms with Gasteiger partial charge in [0.1, 0.15) is 0 Å². The Morgan fingerprint density at radius 3 is 2.65 bits per heavy atom. The SMILES string of the molecule is CCCNC(CCC(C)(C)OC)c1cccc(C)c1Br. The fourth-order valence-electron chi connectivity index (χ4n) is 2.22. The summed E-state index contributed by atoms with van der Waals surface area (Å²) in [4.78, 5) is 0. The fourth-order valence-corrected chi connectivity index (χ4v) is 2.76. The average Bonchev–Trinajstić information content (AvgIpc) is 2.43. The van der Waals surface area contributed by atoms with Crippen molar-refractivity contribution in [1.82, 2.24) is 5.32 Å². The maximum atomic E-state index is 5.54. The average molecular weight is 342 g/mol. The minimum Gasteiger partial charge on any atom is -0.379 e. The number of benzene rings is 1. The number of nitrogens with one attached hydrogen (secondary N) is 1. The summed E-state index contributed by atoms with van der Waals surface area (Å²) < 4.78 is 6.77. The number of rotatable bonds is 8. The summed E-state index contributed by atoms with van der Waals surface area (Å²) >= 11 is 3.74.